The van der Waals surface area contributed by atoms with Crippen LogP contribution in [0.5, 0.6) is 0 Å². The average Bonchev–Trinajstić information content (AvgIpc) is 3.02. The normalized spacial score (nSPS) is 17.8. The fourth-order valence-corrected chi connectivity index (χ4v) is 3.35. The molecule has 1 aromatic carbocycles. The Morgan fingerprint density at radius 3 is 2.95 bits per heavy atom. The molecule has 22 heavy (non-hydrogen) atoms. The lowest BCUT2D eigenvalue weighted by Crippen LogP contribution is -2.35. The molecular formula is C14H14ClN3O3S. The molecule has 0 unspecified atom stereocenters. The molecular weight excluding hydrogens is 326 g/mol. The van der Waals surface area contributed by atoms with Crippen molar-refractivity contribution in [2.24, 2.45) is 0 Å². The summed E-state index contributed by atoms with van der Waals surface area (Å²) in [6, 6.07) is 7.41. The first-order chi connectivity index (χ1) is 10.6. The molecule has 116 valence electrons. The van der Waals surface area contributed by atoms with Crippen LogP contribution in [0.1, 0.15) is 24.6 Å². The molecule has 0 amide bonds. The molecule has 1 aromatic heterocycles. The van der Waals surface area contributed by atoms with E-state index in [1.807, 2.05) is 18.2 Å². The van der Waals surface area contributed by atoms with Crippen molar-refractivity contribution in [3.05, 3.63) is 55.7 Å². The zero-order valence-electron chi connectivity index (χ0n) is 11.6. The summed E-state index contributed by atoms with van der Waals surface area (Å²) in [5, 5.41) is 5.02. The molecule has 3 rings (SSSR count). The van der Waals surface area contributed by atoms with Gasteiger partial charge in [0.2, 0.25) is 0 Å². The van der Waals surface area contributed by atoms with E-state index in [0.717, 1.165) is 12.0 Å². The van der Waals surface area contributed by atoms with Crippen LogP contribution in [-0.2, 0) is 10.5 Å². The van der Waals surface area contributed by atoms with Gasteiger partial charge in [-0.15, -0.1) is 0 Å². The number of aromatic amines is 1. The van der Waals surface area contributed by atoms with Crippen molar-refractivity contribution in [3.8, 4) is 0 Å². The van der Waals surface area contributed by atoms with Crippen LogP contribution in [0.4, 0.5) is 0 Å². The van der Waals surface area contributed by atoms with Gasteiger partial charge in [0.05, 0.1) is 0 Å². The van der Waals surface area contributed by atoms with Crippen LogP contribution >= 0.6 is 23.4 Å². The number of thioether (sulfide) groups is 1. The highest BCUT2D eigenvalue weighted by atomic mass is 35.5. The minimum absolute atomic E-state index is 0.231. The molecule has 0 radical (unpaired) electrons. The lowest BCUT2D eigenvalue weighted by atomic mass is 10.2. The largest absolute Gasteiger partial charge is 0.356 e. The topological polar surface area (TPSA) is 77.0 Å². The summed E-state index contributed by atoms with van der Waals surface area (Å²) < 4.78 is 6.66. The lowest BCUT2D eigenvalue weighted by molar-refractivity contribution is 0.0395. The van der Waals surface area contributed by atoms with Gasteiger partial charge in [-0.25, -0.2) is 4.79 Å². The number of hydrogen-bond acceptors (Lipinski definition) is 5. The fraction of sp³-hybridized carbons (Fsp3) is 0.357. The first-order valence-electron chi connectivity index (χ1n) is 6.86. The number of rotatable bonds is 4. The van der Waals surface area contributed by atoms with Gasteiger partial charge < -0.3 is 4.74 Å². The first-order valence-corrected chi connectivity index (χ1v) is 8.22. The molecule has 1 aliphatic rings. The number of nitrogens with zero attached hydrogens (tertiary/aromatic N) is 2. The van der Waals surface area contributed by atoms with E-state index in [1.54, 1.807) is 6.07 Å². The maximum Gasteiger partial charge on any atom is 0.347 e. The van der Waals surface area contributed by atoms with Gasteiger partial charge in [0, 0.05) is 17.4 Å². The maximum atomic E-state index is 11.9. The Morgan fingerprint density at radius 2 is 2.23 bits per heavy atom. The van der Waals surface area contributed by atoms with Crippen molar-refractivity contribution >= 4 is 23.4 Å². The molecule has 2 heterocycles. The lowest BCUT2D eigenvalue weighted by Gasteiger charge is -2.12. The fourth-order valence-electron chi connectivity index (χ4n) is 2.20. The molecule has 1 atom stereocenters. The first kappa shape index (κ1) is 15.3. The number of hydrogen-bond donors (Lipinski definition) is 1. The molecule has 6 nitrogen and oxygen atoms in total. The molecule has 0 saturated carbocycles. The van der Waals surface area contributed by atoms with Gasteiger partial charge >= 0.3 is 5.69 Å². The second-order valence-electron chi connectivity index (χ2n) is 4.86. The Bertz CT molecular complexity index is 783. The van der Waals surface area contributed by atoms with Crippen LogP contribution in [0.3, 0.4) is 0 Å². The minimum atomic E-state index is -0.543. The number of aromatic nitrogens is 3. The van der Waals surface area contributed by atoms with Crippen molar-refractivity contribution in [2.75, 3.05) is 6.61 Å². The van der Waals surface area contributed by atoms with Crippen molar-refractivity contribution < 1.29 is 4.74 Å². The zero-order valence-corrected chi connectivity index (χ0v) is 13.2. The van der Waals surface area contributed by atoms with Crippen LogP contribution in [0, 0.1) is 0 Å². The highest BCUT2D eigenvalue weighted by Gasteiger charge is 2.21. The van der Waals surface area contributed by atoms with Gasteiger partial charge in [0.25, 0.3) is 5.56 Å². The Labute approximate surface area is 135 Å². The van der Waals surface area contributed by atoms with Crippen LogP contribution in [0.25, 0.3) is 0 Å². The predicted octanol–water partition coefficient (Wildman–Crippen LogP) is 2.19. The molecule has 1 fully saturated rings. The Balaban J connectivity index is 1.84. The number of benzene rings is 1. The molecule has 0 spiro atoms. The predicted molar refractivity (Wildman–Crippen MR) is 84.4 cm³/mol. The summed E-state index contributed by atoms with van der Waals surface area (Å²) in [5.74, 6) is 0.499. The third kappa shape index (κ3) is 3.26. The van der Waals surface area contributed by atoms with Crippen LogP contribution < -0.4 is 11.2 Å². The SMILES string of the molecule is O=c1[nH]c(=O)n([C@H]2CCCO2)nc1SCc1ccccc1Cl. The highest BCUT2D eigenvalue weighted by molar-refractivity contribution is 7.98. The average molecular weight is 340 g/mol. The molecule has 1 aliphatic heterocycles. The van der Waals surface area contributed by atoms with Crippen LogP contribution in [-0.4, -0.2) is 21.4 Å². The van der Waals surface area contributed by atoms with Gasteiger partial charge in [-0.2, -0.15) is 9.78 Å². The number of halogens is 1. The molecule has 0 bridgehead atoms. The van der Waals surface area contributed by atoms with Crippen LogP contribution in [0.2, 0.25) is 5.02 Å². The number of nitrogens with one attached hydrogen (secondary N) is 1. The van der Waals surface area contributed by atoms with E-state index in [4.69, 9.17) is 16.3 Å². The third-order valence-corrected chi connectivity index (χ3v) is 4.69. The minimum Gasteiger partial charge on any atom is -0.356 e. The second kappa shape index (κ2) is 6.68. The van der Waals surface area contributed by atoms with E-state index in [9.17, 15) is 9.59 Å². The Morgan fingerprint density at radius 1 is 1.41 bits per heavy atom. The summed E-state index contributed by atoms with van der Waals surface area (Å²) in [5.41, 5.74) is -0.125. The van der Waals surface area contributed by atoms with Crippen molar-refractivity contribution in [1.82, 2.24) is 14.8 Å². The third-order valence-electron chi connectivity index (χ3n) is 3.32. The van der Waals surface area contributed by atoms with E-state index >= 15 is 0 Å². The molecule has 1 N–H and O–H groups in total. The monoisotopic (exact) mass is 339 g/mol. The smallest absolute Gasteiger partial charge is 0.347 e. The summed E-state index contributed by atoms with van der Waals surface area (Å²) in [6.07, 6.45) is 1.19. The molecule has 0 aliphatic carbocycles. The van der Waals surface area contributed by atoms with E-state index in [2.05, 4.69) is 10.1 Å². The van der Waals surface area contributed by atoms with E-state index in [0.29, 0.717) is 23.8 Å². The maximum absolute atomic E-state index is 11.9. The zero-order chi connectivity index (χ0) is 15.5. The van der Waals surface area contributed by atoms with Gasteiger partial charge in [-0.3, -0.25) is 9.78 Å². The molecule has 2 aromatic rings. The summed E-state index contributed by atoms with van der Waals surface area (Å²) in [4.78, 5) is 26.0. The summed E-state index contributed by atoms with van der Waals surface area (Å²) >= 11 is 7.34. The summed E-state index contributed by atoms with van der Waals surface area (Å²) in [6.45, 7) is 0.597. The number of H-pyrrole nitrogens is 1. The van der Waals surface area contributed by atoms with E-state index in [-0.39, 0.29) is 5.03 Å². The Hall–Kier alpha value is -1.57. The van der Waals surface area contributed by atoms with Gasteiger partial charge in [-0.05, 0) is 24.5 Å². The van der Waals surface area contributed by atoms with Crippen molar-refractivity contribution in [1.29, 1.82) is 0 Å². The standard InChI is InChI=1S/C14H14ClN3O3S/c15-10-5-2-1-4-9(10)8-22-13-12(19)16-14(20)18(17-13)11-6-3-7-21-11/h1-2,4-5,11H,3,6-8H2,(H,16,19,20)/t11-/m1/s1. The quantitative estimate of drug-likeness (QED) is 0.864. The van der Waals surface area contributed by atoms with Crippen molar-refractivity contribution in [2.45, 2.75) is 29.8 Å². The summed E-state index contributed by atoms with van der Waals surface area (Å²) in [7, 11) is 0. The molecule has 8 heteroatoms. The highest BCUT2D eigenvalue weighted by Crippen LogP contribution is 2.24. The van der Waals surface area contributed by atoms with Crippen LogP contribution in [0.15, 0.2) is 38.9 Å². The molecule has 1 saturated heterocycles. The second-order valence-corrected chi connectivity index (χ2v) is 6.23. The van der Waals surface area contributed by atoms with Gasteiger partial charge in [-0.1, -0.05) is 41.6 Å². The number of ether oxygens (including phenoxy) is 1. The van der Waals surface area contributed by atoms with Gasteiger partial charge in [0.15, 0.2) is 11.3 Å². The Kier molecular flexibility index (Phi) is 4.66. The van der Waals surface area contributed by atoms with E-state index < -0.39 is 17.5 Å². The van der Waals surface area contributed by atoms with E-state index in [1.165, 1.54) is 16.4 Å². The van der Waals surface area contributed by atoms with Crippen molar-refractivity contribution in [3.63, 3.8) is 0 Å². The van der Waals surface area contributed by atoms with Gasteiger partial charge in [0.1, 0.15) is 0 Å².